The number of aryl methyl sites for hydroxylation is 1. The van der Waals surface area contributed by atoms with E-state index < -0.39 is 0 Å². The maximum absolute atomic E-state index is 10.9. The first kappa shape index (κ1) is 14.3. The van der Waals surface area contributed by atoms with E-state index in [0.717, 1.165) is 44.6 Å². The third kappa shape index (κ3) is 3.50. The monoisotopic (exact) mass is 289 g/mol. The molecule has 2 heterocycles. The Morgan fingerprint density at radius 1 is 1.29 bits per heavy atom. The molecule has 0 atom stereocenters. The number of carbonyl (C=O) groups excluding carboxylic acids is 1. The zero-order valence-electron chi connectivity index (χ0n) is 12.3. The Kier molecular flexibility index (Phi) is 4.34. The van der Waals surface area contributed by atoms with Gasteiger partial charge in [-0.15, -0.1) is 0 Å². The number of amides is 1. The zero-order chi connectivity index (χ0) is 14.7. The van der Waals surface area contributed by atoms with Gasteiger partial charge in [-0.1, -0.05) is 0 Å². The molecule has 21 heavy (non-hydrogen) atoms. The number of nitrogens with zero attached hydrogens (tertiary/aromatic N) is 3. The molecule has 6 heteroatoms. The summed E-state index contributed by atoms with van der Waals surface area (Å²) in [5, 5.41) is 3.59. The van der Waals surface area contributed by atoms with E-state index in [-0.39, 0.29) is 5.91 Å². The second-order valence-electron chi connectivity index (χ2n) is 6.02. The molecule has 1 amide bonds. The second kappa shape index (κ2) is 6.39. The molecule has 6 nitrogen and oxygen atoms in total. The first-order chi connectivity index (χ1) is 10.2. The molecule has 1 aliphatic heterocycles. The summed E-state index contributed by atoms with van der Waals surface area (Å²) in [4.78, 5) is 21.9. The van der Waals surface area contributed by atoms with Crippen molar-refractivity contribution in [2.24, 2.45) is 5.73 Å². The number of hydrogen-bond donors (Lipinski definition) is 2. The van der Waals surface area contributed by atoms with Crippen molar-refractivity contribution in [3.8, 4) is 0 Å². The van der Waals surface area contributed by atoms with Gasteiger partial charge in [0.25, 0.3) is 0 Å². The molecule has 1 aliphatic carbocycles. The Labute approximate surface area is 125 Å². The van der Waals surface area contributed by atoms with Gasteiger partial charge in [-0.05, 0) is 38.5 Å². The van der Waals surface area contributed by atoms with Crippen LogP contribution in [0.2, 0.25) is 0 Å². The SMILES string of the molecule is NC(=O)CN1CCC(Nc2ncnc3c2CCCC3)CC1. The van der Waals surface area contributed by atoms with Gasteiger partial charge in [0, 0.05) is 30.4 Å². The number of anilines is 1. The molecule has 0 aromatic carbocycles. The number of likely N-dealkylation sites (tertiary alicyclic amines) is 1. The fourth-order valence-electron chi connectivity index (χ4n) is 3.29. The Morgan fingerprint density at radius 3 is 2.81 bits per heavy atom. The van der Waals surface area contributed by atoms with Crippen LogP contribution in [0.3, 0.4) is 0 Å². The van der Waals surface area contributed by atoms with Crippen LogP contribution in [0.15, 0.2) is 6.33 Å². The molecule has 0 radical (unpaired) electrons. The molecule has 1 aromatic rings. The smallest absolute Gasteiger partial charge is 0.231 e. The highest BCUT2D eigenvalue weighted by molar-refractivity contribution is 5.75. The van der Waals surface area contributed by atoms with Gasteiger partial charge in [-0.3, -0.25) is 9.69 Å². The van der Waals surface area contributed by atoms with Crippen molar-refractivity contribution in [2.45, 2.75) is 44.6 Å². The number of fused-ring (bicyclic) bond motifs is 1. The summed E-state index contributed by atoms with van der Waals surface area (Å²) in [5.41, 5.74) is 7.77. The minimum atomic E-state index is -0.244. The van der Waals surface area contributed by atoms with E-state index in [9.17, 15) is 4.79 Å². The topological polar surface area (TPSA) is 84.1 Å². The van der Waals surface area contributed by atoms with E-state index in [1.54, 1.807) is 6.33 Å². The van der Waals surface area contributed by atoms with E-state index in [0.29, 0.717) is 12.6 Å². The van der Waals surface area contributed by atoms with Crippen LogP contribution in [0.25, 0.3) is 0 Å². The van der Waals surface area contributed by atoms with Gasteiger partial charge in [0.1, 0.15) is 12.1 Å². The molecule has 1 saturated heterocycles. The quantitative estimate of drug-likeness (QED) is 0.853. The number of nitrogens with two attached hydrogens (primary N) is 1. The lowest BCUT2D eigenvalue weighted by atomic mass is 9.96. The lowest BCUT2D eigenvalue weighted by molar-refractivity contribution is -0.119. The molecule has 0 saturated carbocycles. The summed E-state index contributed by atoms with van der Waals surface area (Å²) in [7, 11) is 0. The molecule has 0 bridgehead atoms. The van der Waals surface area contributed by atoms with E-state index >= 15 is 0 Å². The summed E-state index contributed by atoms with van der Waals surface area (Å²) in [6.45, 7) is 2.19. The predicted molar refractivity (Wildman–Crippen MR) is 81.0 cm³/mol. The van der Waals surface area contributed by atoms with Crippen molar-refractivity contribution in [1.29, 1.82) is 0 Å². The van der Waals surface area contributed by atoms with Gasteiger partial charge >= 0.3 is 0 Å². The normalized spacial score (nSPS) is 20.0. The first-order valence-corrected chi connectivity index (χ1v) is 7.82. The van der Waals surface area contributed by atoms with Gasteiger partial charge in [0.05, 0.1) is 6.54 Å². The van der Waals surface area contributed by atoms with Crippen LogP contribution in [0.5, 0.6) is 0 Å². The maximum atomic E-state index is 10.9. The third-order valence-corrected chi connectivity index (χ3v) is 4.43. The van der Waals surface area contributed by atoms with Crippen molar-refractivity contribution in [3.05, 3.63) is 17.6 Å². The number of rotatable bonds is 4. The van der Waals surface area contributed by atoms with Gasteiger partial charge in [0.2, 0.25) is 5.91 Å². The summed E-state index contributed by atoms with van der Waals surface area (Å²) in [6.07, 6.45) is 8.33. The lowest BCUT2D eigenvalue weighted by Gasteiger charge is -2.32. The number of carbonyl (C=O) groups is 1. The van der Waals surface area contributed by atoms with Crippen LogP contribution >= 0.6 is 0 Å². The molecular formula is C15H23N5O. The summed E-state index contributed by atoms with van der Waals surface area (Å²) < 4.78 is 0. The Balaban J connectivity index is 1.60. The molecule has 3 N–H and O–H groups in total. The van der Waals surface area contributed by atoms with Crippen molar-refractivity contribution in [3.63, 3.8) is 0 Å². The van der Waals surface area contributed by atoms with Crippen molar-refractivity contribution >= 4 is 11.7 Å². The Bertz CT molecular complexity index is 511. The highest BCUT2D eigenvalue weighted by Crippen LogP contribution is 2.26. The first-order valence-electron chi connectivity index (χ1n) is 7.82. The number of nitrogens with one attached hydrogen (secondary N) is 1. The van der Waals surface area contributed by atoms with Crippen LogP contribution in [0.1, 0.15) is 36.9 Å². The average Bonchev–Trinajstić information content (AvgIpc) is 2.49. The number of piperidine rings is 1. The largest absolute Gasteiger partial charge is 0.369 e. The van der Waals surface area contributed by atoms with Gasteiger partial charge in [-0.25, -0.2) is 9.97 Å². The van der Waals surface area contributed by atoms with Gasteiger partial charge in [0.15, 0.2) is 0 Å². The summed E-state index contributed by atoms with van der Waals surface area (Å²) in [6, 6.07) is 0.426. The fraction of sp³-hybridized carbons (Fsp3) is 0.667. The molecule has 0 spiro atoms. The molecule has 1 fully saturated rings. The summed E-state index contributed by atoms with van der Waals surface area (Å²) in [5.74, 6) is 0.777. The lowest BCUT2D eigenvalue weighted by Crippen LogP contribution is -2.43. The Hall–Kier alpha value is -1.69. The van der Waals surface area contributed by atoms with E-state index in [1.165, 1.54) is 24.1 Å². The second-order valence-corrected chi connectivity index (χ2v) is 6.02. The van der Waals surface area contributed by atoms with Crippen molar-refractivity contribution < 1.29 is 4.79 Å². The summed E-state index contributed by atoms with van der Waals surface area (Å²) >= 11 is 0. The minimum Gasteiger partial charge on any atom is -0.369 e. The predicted octanol–water partition coefficient (Wildman–Crippen LogP) is 0.717. The van der Waals surface area contributed by atoms with Gasteiger partial charge in [-0.2, -0.15) is 0 Å². The fourth-order valence-corrected chi connectivity index (χ4v) is 3.29. The zero-order valence-corrected chi connectivity index (χ0v) is 12.3. The highest BCUT2D eigenvalue weighted by atomic mass is 16.1. The van der Waals surface area contributed by atoms with Crippen LogP contribution in [0, 0.1) is 0 Å². The van der Waals surface area contributed by atoms with E-state index in [2.05, 4.69) is 20.2 Å². The molecular weight excluding hydrogens is 266 g/mol. The van der Waals surface area contributed by atoms with E-state index in [4.69, 9.17) is 5.73 Å². The Morgan fingerprint density at radius 2 is 2.05 bits per heavy atom. The standard InChI is InChI=1S/C15H23N5O/c16-14(21)9-20-7-5-11(6-8-20)19-15-12-3-1-2-4-13(12)17-10-18-15/h10-11H,1-9H2,(H2,16,21)(H,17,18,19). The molecule has 3 rings (SSSR count). The molecule has 1 aromatic heterocycles. The number of aromatic nitrogens is 2. The minimum absolute atomic E-state index is 0.244. The average molecular weight is 289 g/mol. The highest BCUT2D eigenvalue weighted by Gasteiger charge is 2.22. The third-order valence-electron chi connectivity index (χ3n) is 4.43. The maximum Gasteiger partial charge on any atom is 0.231 e. The van der Waals surface area contributed by atoms with Crippen LogP contribution in [0.4, 0.5) is 5.82 Å². The number of primary amides is 1. The number of hydrogen-bond acceptors (Lipinski definition) is 5. The molecule has 114 valence electrons. The van der Waals surface area contributed by atoms with Crippen molar-refractivity contribution in [1.82, 2.24) is 14.9 Å². The molecule has 2 aliphatic rings. The van der Waals surface area contributed by atoms with E-state index in [1.807, 2.05) is 0 Å². The van der Waals surface area contributed by atoms with Crippen LogP contribution in [-0.2, 0) is 17.6 Å². The molecule has 0 unspecified atom stereocenters. The van der Waals surface area contributed by atoms with Crippen LogP contribution < -0.4 is 11.1 Å². The van der Waals surface area contributed by atoms with Crippen molar-refractivity contribution in [2.75, 3.05) is 25.0 Å². The van der Waals surface area contributed by atoms with Gasteiger partial charge < -0.3 is 11.1 Å². The van der Waals surface area contributed by atoms with Crippen LogP contribution in [-0.4, -0.2) is 46.5 Å².